The topological polar surface area (TPSA) is 262 Å². The highest BCUT2D eigenvalue weighted by Gasteiger charge is 2.46. The van der Waals surface area contributed by atoms with Gasteiger partial charge >= 0.3 is 19.8 Å². The summed E-state index contributed by atoms with van der Waals surface area (Å²) in [5.41, 5.74) is 6.28. The van der Waals surface area contributed by atoms with Gasteiger partial charge in [-0.1, -0.05) is 6.42 Å². The van der Waals surface area contributed by atoms with Crippen LogP contribution in [-0.2, 0) is 27.9 Å². The number of hydrogen-bond donors (Lipinski definition) is 7. The van der Waals surface area contributed by atoms with Crippen LogP contribution in [-0.4, -0.2) is 107 Å². The number of aromatic nitrogens is 4. The lowest BCUT2D eigenvalue weighted by atomic mass is 10.0. The Kier molecular flexibility index (Phi) is 10.8. The summed E-state index contributed by atoms with van der Waals surface area (Å²) in [5, 5.41) is 29.9. The summed E-state index contributed by atoms with van der Waals surface area (Å²) in [7, 11) is -4.85. The van der Waals surface area contributed by atoms with Crippen LogP contribution in [0.4, 0.5) is 10.6 Å². The van der Waals surface area contributed by atoms with Crippen LogP contribution in [0.5, 0.6) is 0 Å². The molecule has 8 N–H and O–H groups in total. The third kappa shape index (κ3) is 8.21. The molecule has 2 aromatic rings. The van der Waals surface area contributed by atoms with Crippen LogP contribution in [0.25, 0.3) is 11.2 Å². The molecule has 2 aromatic heterocycles. The van der Waals surface area contributed by atoms with E-state index in [4.69, 9.17) is 15.0 Å². The van der Waals surface area contributed by atoms with Gasteiger partial charge in [0.2, 0.25) is 5.91 Å². The van der Waals surface area contributed by atoms with E-state index < -0.39 is 44.9 Å². The van der Waals surface area contributed by atoms with Crippen molar-refractivity contribution in [3.05, 3.63) is 12.7 Å². The molecule has 0 bridgehead atoms. The van der Waals surface area contributed by atoms with Crippen LogP contribution < -0.4 is 21.7 Å². The van der Waals surface area contributed by atoms with E-state index in [0.29, 0.717) is 31.1 Å². The lowest BCUT2D eigenvalue weighted by molar-refractivity contribution is -0.136. The molecule has 18 nitrogen and oxygen atoms in total. The second-order valence-electron chi connectivity index (χ2n) is 11.0. The number of nitrogens with one attached hydrogen (secondary N) is 3. The van der Waals surface area contributed by atoms with E-state index in [9.17, 15) is 34.1 Å². The predicted octanol–water partition coefficient (Wildman–Crippen LogP) is -0.300. The Morgan fingerprint density at radius 3 is 2.78 bits per heavy atom. The number of unbranched alkanes of at least 4 members (excludes halogenated alkanes) is 2. The molecule has 3 fully saturated rings. The van der Waals surface area contributed by atoms with Gasteiger partial charge in [0.1, 0.15) is 30.2 Å². The molecule has 0 aromatic carbocycles. The normalized spacial score (nSPS) is 28.8. The van der Waals surface area contributed by atoms with E-state index in [-0.39, 0.29) is 47.4 Å². The van der Waals surface area contributed by atoms with E-state index in [2.05, 4.69) is 35.4 Å². The average molecular weight is 673 g/mol. The number of nitrogen functional groups attached to an aromatic ring is 1. The highest BCUT2D eigenvalue weighted by molar-refractivity contribution is 8.00. The molecule has 7 unspecified atom stereocenters. The summed E-state index contributed by atoms with van der Waals surface area (Å²) < 4.78 is 28.7. The summed E-state index contributed by atoms with van der Waals surface area (Å²) in [5.74, 6) is -0.0601. The first-order valence-corrected chi connectivity index (χ1v) is 17.2. The van der Waals surface area contributed by atoms with Crippen LogP contribution >= 0.6 is 19.6 Å². The van der Waals surface area contributed by atoms with Crippen molar-refractivity contribution in [2.24, 2.45) is 0 Å². The van der Waals surface area contributed by atoms with Gasteiger partial charge in [0.15, 0.2) is 17.7 Å². The maximum absolute atomic E-state index is 12.3. The number of phosphoric ester groups is 1. The summed E-state index contributed by atoms with van der Waals surface area (Å²) in [6, 6.07) is 0.218. The first kappa shape index (κ1) is 33.3. The SMILES string of the molecule is Nc1ncnc2c1ncn2C1OC(COP(=O)(O)OC(=O)CCCCNC(=O)CCCC[C@@H]2SCC3NC(=O)NC32)C(O)C1O. The number of urea groups is 1. The predicted molar refractivity (Wildman–Crippen MR) is 158 cm³/mol. The Morgan fingerprint density at radius 1 is 1.16 bits per heavy atom. The van der Waals surface area contributed by atoms with Gasteiger partial charge in [0.05, 0.1) is 25.0 Å². The van der Waals surface area contributed by atoms with Crippen molar-refractivity contribution in [1.82, 2.24) is 35.5 Å². The highest BCUT2D eigenvalue weighted by Crippen LogP contribution is 2.45. The maximum Gasteiger partial charge on any atom is 0.529 e. The van der Waals surface area contributed by atoms with Crippen LogP contribution in [0.3, 0.4) is 0 Å². The average Bonchev–Trinajstić information content (AvgIpc) is 3.74. The zero-order chi connectivity index (χ0) is 32.1. The minimum absolute atomic E-state index is 0.0964. The van der Waals surface area contributed by atoms with Gasteiger partial charge in [-0.05, 0) is 25.7 Å². The molecule has 3 aliphatic heterocycles. The second kappa shape index (κ2) is 14.6. The molecule has 0 aliphatic carbocycles. The van der Waals surface area contributed by atoms with Crippen molar-refractivity contribution in [3.8, 4) is 0 Å². The highest BCUT2D eigenvalue weighted by atomic mass is 32.2. The second-order valence-corrected chi connectivity index (χ2v) is 13.7. The van der Waals surface area contributed by atoms with E-state index in [0.717, 1.165) is 25.0 Å². The van der Waals surface area contributed by atoms with Crippen LogP contribution in [0, 0.1) is 0 Å². The minimum atomic E-state index is -4.85. The Labute approximate surface area is 261 Å². The number of carbonyl (C=O) groups is 3. The molecule has 20 heteroatoms. The number of nitrogens with zero attached hydrogens (tertiary/aromatic N) is 4. The van der Waals surface area contributed by atoms with Crippen molar-refractivity contribution in [1.29, 1.82) is 0 Å². The summed E-state index contributed by atoms with van der Waals surface area (Å²) in [6.07, 6.45) is 0.590. The Balaban J connectivity index is 0.936. The fraction of sp³-hybridized carbons (Fsp3) is 0.680. The maximum atomic E-state index is 12.3. The molecule has 3 aliphatic rings. The molecule has 3 saturated heterocycles. The summed E-state index contributed by atoms with van der Waals surface area (Å²) >= 11 is 1.84. The first-order valence-electron chi connectivity index (χ1n) is 14.6. The minimum Gasteiger partial charge on any atom is -0.387 e. The van der Waals surface area contributed by atoms with Gasteiger partial charge in [-0.3, -0.25) is 23.6 Å². The third-order valence-corrected chi connectivity index (χ3v) is 10.2. The lowest BCUT2D eigenvalue weighted by Crippen LogP contribution is -2.36. The zero-order valence-electron chi connectivity index (χ0n) is 24.2. The van der Waals surface area contributed by atoms with E-state index in [1.165, 1.54) is 17.2 Å². The number of carbonyl (C=O) groups excluding carboxylic acids is 3. The van der Waals surface area contributed by atoms with Crippen molar-refractivity contribution in [2.45, 2.75) is 86.8 Å². The van der Waals surface area contributed by atoms with Gasteiger partial charge in [0.25, 0.3) is 0 Å². The van der Waals surface area contributed by atoms with Gasteiger partial charge in [-0.2, -0.15) is 11.8 Å². The molecular weight excluding hydrogens is 635 g/mol. The smallest absolute Gasteiger partial charge is 0.387 e. The zero-order valence-corrected chi connectivity index (χ0v) is 25.9. The summed E-state index contributed by atoms with van der Waals surface area (Å²) in [6.45, 7) is -0.329. The molecule has 248 valence electrons. The van der Waals surface area contributed by atoms with Crippen molar-refractivity contribution in [2.75, 3.05) is 24.6 Å². The number of thioether (sulfide) groups is 1. The van der Waals surface area contributed by atoms with Crippen molar-refractivity contribution < 1.29 is 47.8 Å². The Morgan fingerprint density at radius 2 is 1.96 bits per heavy atom. The Hall–Kier alpha value is -3.06. The summed E-state index contributed by atoms with van der Waals surface area (Å²) in [4.78, 5) is 57.6. The number of aliphatic hydroxyl groups excluding tert-OH is 2. The van der Waals surface area contributed by atoms with Gasteiger partial charge in [-0.15, -0.1) is 0 Å². The number of amides is 3. The molecule has 3 amide bonds. The van der Waals surface area contributed by atoms with E-state index in [1.807, 2.05) is 11.8 Å². The Bertz CT molecular complexity index is 1430. The third-order valence-electron chi connectivity index (χ3n) is 7.83. The molecular formula is C25H37N8O10PS. The number of anilines is 1. The van der Waals surface area contributed by atoms with Crippen molar-refractivity contribution in [3.63, 3.8) is 0 Å². The molecule has 45 heavy (non-hydrogen) atoms. The van der Waals surface area contributed by atoms with Gasteiger partial charge in [0, 0.05) is 30.4 Å². The standard InChI is InChI=1S/C25H37N8O10PS/c26-22-19-23(29-11-28-22)33(12-30-19)24-21(37)20(36)14(42-24)9-41-44(39,40)43-17(35)7-3-4-8-27-16(34)6-2-1-5-15-18-13(10-45-15)31-25(38)32-18/h11-15,18,20-21,24,36-37H,1-10H2,(H,27,34)(H,39,40)(H2,26,28,29)(H2,31,32,38)/t13?,14?,15-,18?,20?,21?,24?/m0/s1. The van der Waals surface area contributed by atoms with Crippen LogP contribution in [0.1, 0.15) is 51.2 Å². The molecule has 0 radical (unpaired) electrons. The quantitative estimate of drug-likeness (QED) is 0.0728. The molecule has 8 atom stereocenters. The molecule has 5 heterocycles. The van der Waals surface area contributed by atoms with E-state index in [1.54, 1.807) is 0 Å². The van der Waals surface area contributed by atoms with Crippen LogP contribution in [0.2, 0.25) is 0 Å². The number of ether oxygens (including phenoxy) is 1. The lowest BCUT2D eigenvalue weighted by Gasteiger charge is -2.17. The number of nitrogens with two attached hydrogens (primary N) is 1. The number of aliphatic hydroxyl groups is 2. The van der Waals surface area contributed by atoms with Gasteiger partial charge in [-0.25, -0.2) is 24.3 Å². The first-order chi connectivity index (χ1) is 21.5. The van der Waals surface area contributed by atoms with Crippen LogP contribution in [0.15, 0.2) is 12.7 Å². The largest absolute Gasteiger partial charge is 0.529 e. The number of fused-ring (bicyclic) bond motifs is 2. The molecule has 0 spiro atoms. The molecule has 5 rings (SSSR count). The number of rotatable bonds is 15. The fourth-order valence-electron chi connectivity index (χ4n) is 5.51. The number of phosphoric acid groups is 1. The fourth-order valence-corrected chi connectivity index (χ4v) is 7.79. The molecule has 0 saturated carbocycles. The van der Waals surface area contributed by atoms with E-state index >= 15 is 0 Å². The monoisotopic (exact) mass is 672 g/mol. The van der Waals surface area contributed by atoms with Crippen molar-refractivity contribution >= 4 is 54.5 Å². The number of hydrogen-bond acceptors (Lipinski definition) is 14. The van der Waals surface area contributed by atoms with Gasteiger partial charge < -0.3 is 41.2 Å². The number of imidazole rings is 1.